The van der Waals surface area contributed by atoms with Gasteiger partial charge in [-0.05, 0) is 156 Å². The largest absolute Gasteiger partial charge is 0.496 e. The molecule has 0 N–H and O–H groups in total. The number of hydrogen-bond acceptors (Lipinski definition) is 18. The van der Waals surface area contributed by atoms with E-state index < -0.39 is 35.8 Å². The molecule has 0 radical (unpaired) electrons. The first-order valence-electron chi connectivity index (χ1n) is 36.6. The number of fused-ring (bicyclic) bond motifs is 33. The van der Waals surface area contributed by atoms with E-state index in [2.05, 4.69) is 0 Å². The molecule has 0 amide bonds. The highest BCUT2D eigenvalue weighted by atomic mass is 16.6. The first kappa shape index (κ1) is 73.6. The fourth-order valence-corrected chi connectivity index (χ4v) is 15.5. The van der Waals surface area contributed by atoms with Crippen LogP contribution < -0.4 is 28.4 Å². The highest BCUT2D eigenvalue weighted by Crippen LogP contribution is 2.53. The summed E-state index contributed by atoms with van der Waals surface area (Å²) in [6.07, 6.45) is 0. The van der Waals surface area contributed by atoms with E-state index in [-0.39, 0.29) is 73.0 Å². The van der Waals surface area contributed by atoms with Crippen LogP contribution >= 0.6 is 0 Å². The average molecular weight is 1510 g/mol. The Labute approximate surface area is 654 Å². The second-order valence-electron chi connectivity index (χ2n) is 27.2. The van der Waals surface area contributed by atoms with Crippen LogP contribution in [0.15, 0.2) is 255 Å². The van der Waals surface area contributed by atoms with E-state index in [0.29, 0.717) is 101 Å². The van der Waals surface area contributed by atoms with Gasteiger partial charge in [-0.15, -0.1) is 0 Å². The number of ether oxygens (including phenoxy) is 12. The molecule has 0 aromatic heterocycles. The van der Waals surface area contributed by atoms with Gasteiger partial charge in [0.15, 0.2) is 0 Å². The van der Waals surface area contributed by atoms with Gasteiger partial charge in [-0.3, -0.25) is 0 Å². The van der Waals surface area contributed by atoms with Crippen LogP contribution in [0.2, 0.25) is 0 Å². The molecule has 18 heteroatoms. The van der Waals surface area contributed by atoms with Crippen molar-refractivity contribution in [2.24, 2.45) is 0 Å². The van der Waals surface area contributed by atoms with Gasteiger partial charge in [0.2, 0.25) is 0 Å². The first-order chi connectivity index (χ1) is 55.8. The maximum atomic E-state index is 14.4. The van der Waals surface area contributed by atoms with Gasteiger partial charge in [0.25, 0.3) is 0 Å². The minimum atomic E-state index is -0.737. The monoisotopic (exact) mass is 1510 g/mol. The summed E-state index contributed by atoms with van der Waals surface area (Å²) >= 11 is 0. The van der Waals surface area contributed by atoms with E-state index in [1.54, 1.807) is 54.6 Å². The van der Waals surface area contributed by atoms with E-state index in [4.69, 9.17) is 56.8 Å². The molecule has 18 nitrogen and oxygen atoms in total. The van der Waals surface area contributed by atoms with Gasteiger partial charge in [0.05, 0.1) is 76.0 Å². The van der Waals surface area contributed by atoms with Gasteiger partial charge in [-0.1, -0.05) is 164 Å². The third-order valence-corrected chi connectivity index (χ3v) is 20.6. The lowest BCUT2D eigenvalue weighted by Gasteiger charge is -2.22. The normalized spacial score (nSPS) is 13.3. The number of methoxy groups -OCH3 is 6. The minimum Gasteiger partial charge on any atom is -0.496 e. The van der Waals surface area contributed by atoms with Crippen LogP contribution in [0.1, 0.15) is 95.5 Å². The van der Waals surface area contributed by atoms with E-state index in [1.165, 1.54) is 60.9 Å². The fraction of sp³-hybridized carbons (Fsp3) is 0.125. The molecule has 1 heterocycles. The SMILES string of the molecule is COc1c2cc3ccccc3c1-c1c(OC)c(cc3ccccc13)COC(=O)c1cccc(c1)C(=O)OCc1cc3ccccc3c(c1OC)-c1c(OC)c(cc3ccccc13)COC(=O)c1cccc(c1)C(=O)OCc1cc3ccccc3c(c1OC)-c1c(OC)c(cc3ccccc13)COC(=O)c1cccc(c1)C(=O)OC2. The van der Waals surface area contributed by atoms with Crippen LogP contribution in [-0.2, 0) is 68.1 Å². The Morgan fingerprint density at radius 3 is 0.491 bits per heavy atom. The van der Waals surface area contributed by atoms with Crippen LogP contribution in [0.25, 0.3) is 98.0 Å². The lowest BCUT2D eigenvalue weighted by molar-refractivity contribution is 0.0450. The predicted molar refractivity (Wildman–Crippen MR) is 434 cm³/mol. The van der Waals surface area contributed by atoms with Gasteiger partial charge in [0.1, 0.15) is 74.1 Å². The first-order valence-corrected chi connectivity index (χ1v) is 36.6. The van der Waals surface area contributed by atoms with Crippen LogP contribution in [0, 0.1) is 0 Å². The Morgan fingerprint density at radius 2 is 0.342 bits per heavy atom. The molecule has 0 fully saturated rings. The lowest BCUT2D eigenvalue weighted by Crippen LogP contribution is -2.11. The minimum absolute atomic E-state index is 0.0731. The zero-order valence-electron chi connectivity index (χ0n) is 62.8. The van der Waals surface area contributed by atoms with Crippen molar-refractivity contribution in [1.29, 1.82) is 0 Å². The highest BCUT2D eigenvalue weighted by molar-refractivity contribution is 6.14. The Hall–Kier alpha value is -14.5. The molecule has 18 bridgehead atoms. The molecular weight excluding hydrogens is 1440 g/mol. The zero-order chi connectivity index (χ0) is 78.7. The smallest absolute Gasteiger partial charge is 0.338 e. The van der Waals surface area contributed by atoms with Crippen molar-refractivity contribution in [2.75, 3.05) is 42.7 Å². The van der Waals surface area contributed by atoms with E-state index in [1.807, 2.05) is 182 Å². The van der Waals surface area contributed by atoms with Crippen molar-refractivity contribution in [3.63, 3.8) is 0 Å². The molecule has 15 aromatic carbocycles. The maximum Gasteiger partial charge on any atom is 0.338 e. The molecular formula is C96H72O18. The molecule has 114 heavy (non-hydrogen) atoms. The molecule has 0 unspecified atom stereocenters. The third kappa shape index (κ3) is 13.9. The van der Waals surface area contributed by atoms with Crippen molar-refractivity contribution < 1.29 is 85.6 Å². The second-order valence-corrected chi connectivity index (χ2v) is 27.2. The van der Waals surface area contributed by atoms with E-state index in [0.717, 1.165) is 64.6 Å². The number of carbonyl (C=O) groups excluding carboxylic acids is 6. The van der Waals surface area contributed by atoms with Crippen LogP contribution in [0.3, 0.4) is 0 Å². The molecule has 0 spiro atoms. The summed E-state index contributed by atoms with van der Waals surface area (Å²) in [6.45, 7) is -1.63. The summed E-state index contributed by atoms with van der Waals surface area (Å²) in [5.41, 5.74) is 7.13. The number of rotatable bonds is 6. The van der Waals surface area contributed by atoms with Crippen molar-refractivity contribution in [3.05, 3.63) is 322 Å². The average Bonchev–Trinajstić information content (AvgIpc) is 0.748. The maximum absolute atomic E-state index is 14.4. The number of cyclic esters (lactones) is 6. The topological polar surface area (TPSA) is 213 Å². The molecule has 0 atom stereocenters. The summed E-state index contributed by atoms with van der Waals surface area (Å²) in [7, 11) is 9.20. The summed E-state index contributed by atoms with van der Waals surface area (Å²) in [5.74, 6) is -2.18. The zero-order valence-corrected chi connectivity index (χ0v) is 62.8. The van der Waals surface area contributed by atoms with Crippen molar-refractivity contribution >= 4 is 100 Å². The number of esters is 6. The van der Waals surface area contributed by atoms with Crippen molar-refractivity contribution in [1.82, 2.24) is 0 Å². The lowest BCUT2D eigenvalue weighted by atomic mass is 9.89. The Balaban J connectivity index is 0.790. The van der Waals surface area contributed by atoms with Crippen LogP contribution in [0.5, 0.6) is 34.5 Å². The van der Waals surface area contributed by atoms with Crippen LogP contribution in [0.4, 0.5) is 0 Å². The van der Waals surface area contributed by atoms with Gasteiger partial charge in [-0.2, -0.15) is 0 Å². The van der Waals surface area contributed by atoms with E-state index >= 15 is 0 Å². The molecule has 16 rings (SSSR count). The molecule has 564 valence electrons. The van der Waals surface area contributed by atoms with Gasteiger partial charge >= 0.3 is 35.8 Å². The Bertz CT molecular complexity index is 5450. The quantitative estimate of drug-likeness (QED) is 0.112. The van der Waals surface area contributed by atoms with Crippen molar-refractivity contribution in [3.8, 4) is 67.9 Å². The Kier molecular flexibility index (Phi) is 20.6. The summed E-state index contributed by atoms with van der Waals surface area (Å²) < 4.78 is 74.9. The predicted octanol–water partition coefficient (Wildman–Crippen LogP) is 20.1. The number of hydrogen-bond donors (Lipinski definition) is 0. The summed E-state index contributed by atoms with van der Waals surface area (Å²) in [4.78, 5) is 86.4. The van der Waals surface area contributed by atoms with Gasteiger partial charge in [-0.25, -0.2) is 28.8 Å². The summed E-state index contributed by atoms with van der Waals surface area (Å²) in [5, 5.41) is 9.35. The molecule has 15 aromatic rings. The van der Waals surface area contributed by atoms with E-state index in [9.17, 15) is 28.8 Å². The van der Waals surface area contributed by atoms with Gasteiger partial charge in [0, 0.05) is 66.8 Å². The number of carbonyl (C=O) groups is 6. The standard InChI is InChI=1S/C96H72O18/c1-103-85-67-40-55-22-7-13-34-73(55)79(85)80-74-35-14-8-23-56(74)41-68(86(80)104-2)50-110-92(98)63-30-20-31-64(47-63)94(100)112-52-70-43-58-25-11-17-38-77(58)83(88(70)106-4)84-78-39-18-12-27-60(78)45-72(90(84)108-6)54-114-96(102)66-33-21-32-65(48-66)95(101)113-53-71-44-59-26-10-16-37-76(59)82(89(71)107-5)81-75-36-15-9-24-57(75)42-69(87(81)105-3)51-111-93(99)62-29-19-28-61(46-62)91(97)109-49-67/h7-48H,49-54H2,1-6H3. The van der Waals surface area contributed by atoms with Gasteiger partial charge < -0.3 is 56.8 Å². The third-order valence-electron chi connectivity index (χ3n) is 20.6. The fourth-order valence-electron chi connectivity index (χ4n) is 15.5. The number of benzene rings is 15. The molecule has 0 saturated carbocycles. The molecule has 0 aliphatic carbocycles. The highest BCUT2D eigenvalue weighted by Gasteiger charge is 2.31. The second kappa shape index (κ2) is 31.8. The Morgan fingerprint density at radius 1 is 0.193 bits per heavy atom. The van der Waals surface area contributed by atoms with Crippen LogP contribution in [-0.4, -0.2) is 78.5 Å². The van der Waals surface area contributed by atoms with Crippen molar-refractivity contribution in [2.45, 2.75) is 39.6 Å². The molecule has 0 saturated heterocycles. The molecule has 1 aliphatic heterocycles. The molecule has 1 aliphatic rings. The summed E-state index contributed by atoms with van der Waals surface area (Å²) in [6, 6.07) is 75.8.